The first kappa shape index (κ1) is 15.8. The van der Waals surface area contributed by atoms with Gasteiger partial charge in [-0.1, -0.05) is 26.2 Å². The van der Waals surface area contributed by atoms with E-state index in [9.17, 15) is 9.90 Å². The standard InChI is InChI=1S/C13H24O4/c1-4-7-8-9-10-11(12(14)16-5-2)13(15)17-6-3/h14H,4-10H2,1-3H3/b12-11+. The molecule has 0 atom stereocenters. The summed E-state index contributed by atoms with van der Waals surface area (Å²) in [5, 5.41) is 9.62. The number of ether oxygens (including phenoxy) is 2. The molecule has 0 saturated carbocycles. The Balaban J connectivity index is 4.40. The van der Waals surface area contributed by atoms with Gasteiger partial charge in [-0.2, -0.15) is 0 Å². The molecular formula is C13H24O4. The fraction of sp³-hybridized carbons (Fsp3) is 0.769. The zero-order valence-electron chi connectivity index (χ0n) is 11.1. The van der Waals surface area contributed by atoms with E-state index in [1.807, 2.05) is 0 Å². The molecule has 0 radical (unpaired) electrons. The molecule has 0 aliphatic rings. The highest BCUT2D eigenvalue weighted by atomic mass is 16.6. The van der Waals surface area contributed by atoms with E-state index in [0.29, 0.717) is 19.6 Å². The van der Waals surface area contributed by atoms with Gasteiger partial charge in [-0.15, -0.1) is 0 Å². The Morgan fingerprint density at radius 1 is 1.00 bits per heavy atom. The maximum absolute atomic E-state index is 11.6. The lowest BCUT2D eigenvalue weighted by molar-refractivity contribution is -0.139. The van der Waals surface area contributed by atoms with Crippen LogP contribution in [0.15, 0.2) is 11.5 Å². The SMILES string of the molecule is CCCCCC/C(C(=O)OCC)=C(/O)OCC. The second-order valence-corrected chi connectivity index (χ2v) is 3.75. The maximum Gasteiger partial charge on any atom is 0.341 e. The monoisotopic (exact) mass is 244 g/mol. The lowest BCUT2D eigenvalue weighted by atomic mass is 10.1. The molecule has 0 aliphatic heterocycles. The maximum atomic E-state index is 11.6. The molecule has 17 heavy (non-hydrogen) atoms. The molecule has 100 valence electrons. The van der Waals surface area contributed by atoms with Crippen LogP contribution < -0.4 is 0 Å². The Hall–Kier alpha value is -1.19. The Labute approximate surface area is 104 Å². The second kappa shape index (κ2) is 10.00. The molecule has 4 heteroatoms. The van der Waals surface area contributed by atoms with Gasteiger partial charge in [0.05, 0.1) is 13.2 Å². The van der Waals surface area contributed by atoms with E-state index < -0.39 is 5.97 Å². The highest BCUT2D eigenvalue weighted by Crippen LogP contribution is 2.15. The zero-order valence-corrected chi connectivity index (χ0v) is 11.1. The summed E-state index contributed by atoms with van der Waals surface area (Å²) in [6, 6.07) is 0. The fourth-order valence-corrected chi connectivity index (χ4v) is 1.47. The van der Waals surface area contributed by atoms with Crippen molar-refractivity contribution in [3.8, 4) is 0 Å². The van der Waals surface area contributed by atoms with Crippen molar-refractivity contribution >= 4 is 5.97 Å². The summed E-state index contributed by atoms with van der Waals surface area (Å²) in [5.41, 5.74) is 0.254. The molecule has 0 unspecified atom stereocenters. The van der Waals surface area contributed by atoms with Gasteiger partial charge < -0.3 is 14.6 Å². The van der Waals surface area contributed by atoms with Crippen molar-refractivity contribution in [2.45, 2.75) is 52.9 Å². The number of unbranched alkanes of at least 4 members (excludes halogenated alkanes) is 3. The number of hydrogen-bond acceptors (Lipinski definition) is 4. The van der Waals surface area contributed by atoms with Crippen LogP contribution in [0.2, 0.25) is 0 Å². The number of rotatable bonds is 9. The first-order chi connectivity index (χ1) is 8.17. The van der Waals surface area contributed by atoms with Crippen LogP contribution in [0.25, 0.3) is 0 Å². The topological polar surface area (TPSA) is 55.8 Å². The van der Waals surface area contributed by atoms with Crippen LogP contribution in [-0.2, 0) is 14.3 Å². The predicted octanol–water partition coefficient (Wildman–Crippen LogP) is 3.33. The Bertz CT molecular complexity index is 246. The van der Waals surface area contributed by atoms with Crippen LogP contribution in [0.3, 0.4) is 0 Å². The number of aliphatic hydroxyl groups is 1. The highest BCUT2D eigenvalue weighted by Gasteiger charge is 2.17. The van der Waals surface area contributed by atoms with E-state index >= 15 is 0 Å². The van der Waals surface area contributed by atoms with Gasteiger partial charge in [-0.25, -0.2) is 4.79 Å². The van der Waals surface area contributed by atoms with Crippen molar-refractivity contribution in [2.75, 3.05) is 13.2 Å². The summed E-state index contributed by atoms with van der Waals surface area (Å²) < 4.78 is 9.85. The van der Waals surface area contributed by atoms with Gasteiger partial charge in [0.2, 0.25) is 0 Å². The molecule has 0 bridgehead atoms. The van der Waals surface area contributed by atoms with E-state index in [0.717, 1.165) is 25.7 Å². The first-order valence-electron chi connectivity index (χ1n) is 6.39. The molecule has 4 nitrogen and oxygen atoms in total. The van der Waals surface area contributed by atoms with Crippen molar-refractivity contribution in [3.05, 3.63) is 11.5 Å². The molecule has 0 rings (SSSR count). The Morgan fingerprint density at radius 2 is 1.65 bits per heavy atom. The molecule has 0 aromatic rings. The van der Waals surface area contributed by atoms with Crippen molar-refractivity contribution in [1.29, 1.82) is 0 Å². The number of esters is 1. The van der Waals surface area contributed by atoms with Gasteiger partial charge in [0.25, 0.3) is 5.95 Å². The van der Waals surface area contributed by atoms with E-state index in [1.165, 1.54) is 0 Å². The molecule has 0 amide bonds. The summed E-state index contributed by atoms with van der Waals surface area (Å²) in [4.78, 5) is 11.6. The van der Waals surface area contributed by atoms with Crippen LogP contribution in [0, 0.1) is 0 Å². The van der Waals surface area contributed by atoms with Gasteiger partial charge in [0.15, 0.2) is 0 Å². The van der Waals surface area contributed by atoms with Gasteiger partial charge in [-0.3, -0.25) is 0 Å². The average molecular weight is 244 g/mol. The van der Waals surface area contributed by atoms with Gasteiger partial charge in [0.1, 0.15) is 5.57 Å². The summed E-state index contributed by atoms with van der Waals surface area (Å²) in [6.07, 6.45) is 4.67. The highest BCUT2D eigenvalue weighted by molar-refractivity contribution is 5.88. The molecule has 0 aromatic carbocycles. The van der Waals surface area contributed by atoms with Gasteiger partial charge >= 0.3 is 5.97 Å². The normalized spacial score (nSPS) is 11.9. The molecule has 0 heterocycles. The average Bonchev–Trinajstić information content (AvgIpc) is 2.29. The summed E-state index contributed by atoms with van der Waals surface area (Å²) in [5.74, 6) is -0.766. The van der Waals surface area contributed by atoms with Crippen molar-refractivity contribution in [1.82, 2.24) is 0 Å². The second-order valence-electron chi connectivity index (χ2n) is 3.75. The third-order valence-electron chi connectivity index (χ3n) is 2.34. The van der Waals surface area contributed by atoms with E-state index in [-0.39, 0.29) is 11.5 Å². The van der Waals surface area contributed by atoms with Crippen molar-refractivity contribution in [3.63, 3.8) is 0 Å². The molecule has 0 saturated heterocycles. The minimum Gasteiger partial charge on any atom is -0.481 e. The quantitative estimate of drug-likeness (QED) is 0.292. The minimum atomic E-state index is -0.477. The molecule has 0 spiro atoms. The zero-order chi connectivity index (χ0) is 13.1. The number of carbonyl (C=O) groups excluding carboxylic acids is 1. The van der Waals surface area contributed by atoms with E-state index in [4.69, 9.17) is 9.47 Å². The minimum absolute atomic E-state index is 0.254. The first-order valence-corrected chi connectivity index (χ1v) is 6.39. The van der Waals surface area contributed by atoms with Crippen LogP contribution in [0.4, 0.5) is 0 Å². The Kier molecular flexibility index (Phi) is 9.30. The summed E-state index contributed by atoms with van der Waals surface area (Å²) >= 11 is 0. The smallest absolute Gasteiger partial charge is 0.341 e. The number of hydrogen-bond donors (Lipinski definition) is 1. The van der Waals surface area contributed by atoms with E-state index in [1.54, 1.807) is 13.8 Å². The van der Waals surface area contributed by atoms with Crippen molar-refractivity contribution in [2.24, 2.45) is 0 Å². The molecule has 0 aliphatic carbocycles. The number of carbonyl (C=O) groups is 1. The Morgan fingerprint density at radius 3 is 2.18 bits per heavy atom. The predicted molar refractivity (Wildman–Crippen MR) is 66.7 cm³/mol. The van der Waals surface area contributed by atoms with Gasteiger partial charge in [-0.05, 0) is 26.7 Å². The lowest BCUT2D eigenvalue weighted by Crippen LogP contribution is -2.12. The summed E-state index contributed by atoms with van der Waals surface area (Å²) in [6.45, 7) is 6.26. The fourth-order valence-electron chi connectivity index (χ4n) is 1.47. The van der Waals surface area contributed by atoms with E-state index in [2.05, 4.69) is 6.92 Å². The third kappa shape index (κ3) is 6.87. The summed E-state index contributed by atoms with van der Waals surface area (Å²) in [7, 11) is 0. The lowest BCUT2D eigenvalue weighted by Gasteiger charge is -2.09. The largest absolute Gasteiger partial charge is 0.481 e. The van der Waals surface area contributed by atoms with Crippen LogP contribution in [0.1, 0.15) is 52.9 Å². The van der Waals surface area contributed by atoms with Crippen LogP contribution in [0.5, 0.6) is 0 Å². The van der Waals surface area contributed by atoms with Crippen LogP contribution in [-0.4, -0.2) is 24.3 Å². The third-order valence-corrected chi connectivity index (χ3v) is 2.34. The number of aliphatic hydroxyl groups excluding tert-OH is 1. The van der Waals surface area contributed by atoms with Crippen molar-refractivity contribution < 1.29 is 19.4 Å². The molecule has 0 fully saturated rings. The molecule has 0 aromatic heterocycles. The van der Waals surface area contributed by atoms with Crippen LogP contribution >= 0.6 is 0 Å². The molecule has 1 N–H and O–H groups in total. The van der Waals surface area contributed by atoms with Gasteiger partial charge in [0, 0.05) is 0 Å². The molecular weight excluding hydrogens is 220 g/mol.